The number of nitrogens with one attached hydrogen (secondary N) is 2. The zero-order valence-corrected chi connectivity index (χ0v) is 19.6. The number of anilines is 1. The van der Waals surface area contributed by atoms with E-state index >= 15 is 0 Å². The molecule has 0 bridgehead atoms. The van der Waals surface area contributed by atoms with Crippen molar-refractivity contribution in [3.63, 3.8) is 0 Å². The van der Waals surface area contributed by atoms with E-state index in [9.17, 15) is 9.90 Å². The Labute approximate surface area is 196 Å². The molecule has 0 saturated heterocycles. The summed E-state index contributed by atoms with van der Waals surface area (Å²) in [6.07, 6.45) is 0. The van der Waals surface area contributed by atoms with Crippen molar-refractivity contribution in [2.45, 2.75) is 33.3 Å². The predicted octanol–water partition coefficient (Wildman–Crippen LogP) is 5.14. The predicted molar refractivity (Wildman–Crippen MR) is 127 cm³/mol. The molecule has 2 aromatic carbocycles. The number of carbonyl (C=O) groups is 1. The molecule has 0 radical (unpaired) electrons. The molecule has 8 heteroatoms. The first-order valence-electron chi connectivity index (χ1n) is 9.83. The molecule has 3 aromatic rings. The molecular weight excluding hydrogens is 449 g/mol. The number of aryl methyl sites for hydroxylation is 2. The molecule has 3 N–H and O–H groups in total. The minimum absolute atomic E-state index is 0.267. The Bertz CT molecular complexity index is 1220. The zero-order valence-electron chi connectivity index (χ0n) is 18.1. The summed E-state index contributed by atoms with van der Waals surface area (Å²) < 4.78 is 5.66. The molecule has 0 spiro atoms. The topological polar surface area (TPSA) is 87.2 Å². The van der Waals surface area contributed by atoms with E-state index in [-0.39, 0.29) is 12.5 Å². The summed E-state index contributed by atoms with van der Waals surface area (Å²) in [4.78, 5) is 12.4. The summed E-state index contributed by atoms with van der Waals surface area (Å²) in [5.74, 6) is 5.44. The van der Waals surface area contributed by atoms with Gasteiger partial charge in [-0.1, -0.05) is 47.2 Å². The van der Waals surface area contributed by atoms with Crippen LogP contribution in [-0.2, 0) is 4.79 Å². The molecule has 32 heavy (non-hydrogen) atoms. The highest BCUT2D eigenvalue weighted by molar-refractivity contribution is 6.34. The maximum atomic E-state index is 12.4. The summed E-state index contributed by atoms with van der Waals surface area (Å²) in [5, 5.41) is 20.3. The first kappa shape index (κ1) is 23.7. The van der Waals surface area contributed by atoms with Gasteiger partial charge in [-0.2, -0.15) is 0 Å². The summed E-state index contributed by atoms with van der Waals surface area (Å²) in [5.41, 5.74) is 3.23. The third kappa shape index (κ3) is 6.04. The normalized spacial score (nSPS) is 11.0. The third-order valence-corrected chi connectivity index (χ3v) is 5.03. The van der Waals surface area contributed by atoms with Crippen LogP contribution in [0, 0.1) is 25.7 Å². The van der Waals surface area contributed by atoms with Crippen molar-refractivity contribution in [2.24, 2.45) is 0 Å². The van der Waals surface area contributed by atoms with E-state index in [0.717, 1.165) is 16.8 Å². The molecule has 0 aliphatic heterocycles. The van der Waals surface area contributed by atoms with Crippen LogP contribution >= 0.6 is 23.2 Å². The van der Waals surface area contributed by atoms with Gasteiger partial charge in [-0.3, -0.25) is 9.89 Å². The lowest BCUT2D eigenvalue weighted by Gasteiger charge is -2.10. The molecule has 1 heterocycles. The molecule has 1 aromatic heterocycles. The van der Waals surface area contributed by atoms with E-state index in [4.69, 9.17) is 27.9 Å². The number of hydrogen-bond acceptors (Lipinski definition) is 4. The first-order valence-corrected chi connectivity index (χ1v) is 10.6. The zero-order chi connectivity index (χ0) is 23.5. The maximum absolute atomic E-state index is 12.4. The fourth-order valence-electron chi connectivity index (χ4n) is 2.89. The number of aliphatic hydroxyl groups is 1. The van der Waals surface area contributed by atoms with Crippen LogP contribution in [0.3, 0.4) is 0 Å². The van der Waals surface area contributed by atoms with E-state index in [1.54, 1.807) is 32.0 Å². The van der Waals surface area contributed by atoms with Crippen LogP contribution < -0.4 is 10.1 Å². The van der Waals surface area contributed by atoms with E-state index in [0.29, 0.717) is 26.9 Å². The molecular formula is C24H23Cl2N3O3. The van der Waals surface area contributed by atoms with Gasteiger partial charge < -0.3 is 15.2 Å². The SMILES string of the molecule is Cc1ccc(-c2c(OCC(=O)Nc3ccc(C#CC(C)(C)O)cc3Cl)n[nH]c2C)c(Cl)c1. The van der Waals surface area contributed by atoms with Crippen LogP contribution in [0.5, 0.6) is 5.88 Å². The van der Waals surface area contributed by atoms with Crippen LogP contribution in [0.4, 0.5) is 5.69 Å². The highest BCUT2D eigenvalue weighted by atomic mass is 35.5. The number of nitrogens with zero attached hydrogens (tertiary/aromatic N) is 1. The Morgan fingerprint density at radius 1 is 1.19 bits per heavy atom. The monoisotopic (exact) mass is 471 g/mol. The van der Waals surface area contributed by atoms with Crippen LogP contribution in [0.25, 0.3) is 11.1 Å². The van der Waals surface area contributed by atoms with E-state index in [1.807, 2.05) is 32.0 Å². The number of H-pyrrole nitrogens is 1. The number of aromatic nitrogens is 2. The van der Waals surface area contributed by atoms with Gasteiger partial charge in [0.15, 0.2) is 6.61 Å². The standard InChI is InChI=1S/C24H23Cl2N3O3/c1-14-5-7-17(18(25)11-14)22-15(2)28-29-23(22)32-13-21(30)27-20-8-6-16(12-19(20)26)9-10-24(3,4)31/h5-8,11-12,31H,13H2,1-4H3,(H,27,30)(H,28,29). The van der Waals surface area contributed by atoms with Crippen molar-refractivity contribution in [3.05, 3.63) is 63.3 Å². The Kier molecular flexibility index (Phi) is 7.15. The summed E-state index contributed by atoms with van der Waals surface area (Å²) in [6, 6.07) is 10.7. The average molecular weight is 472 g/mol. The summed E-state index contributed by atoms with van der Waals surface area (Å²) >= 11 is 12.7. The Morgan fingerprint density at radius 2 is 1.94 bits per heavy atom. The van der Waals surface area contributed by atoms with Crippen LogP contribution in [-0.4, -0.2) is 33.4 Å². The molecule has 0 atom stereocenters. The lowest BCUT2D eigenvalue weighted by atomic mass is 10.0. The molecule has 0 aliphatic carbocycles. The minimum atomic E-state index is -1.11. The van der Waals surface area contributed by atoms with Crippen molar-refractivity contribution < 1.29 is 14.6 Å². The number of amides is 1. The van der Waals surface area contributed by atoms with Gasteiger partial charge in [0, 0.05) is 21.8 Å². The van der Waals surface area contributed by atoms with E-state index < -0.39 is 11.5 Å². The van der Waals surface area contributed by atoms with Crippen molar-refractivity contribution >= 4 is 34.8 Å². The second-order valence-corrected chi connectivity index (χ2v) is 8.67. The smallest absolute Gasteiger partial charge is 0.262 e. The van der Waals surface area contributed by atoms with Gasteiger partial charge >= 0.3 is 0 Å². The first-order chi connectivity index (χ1) is 15.0. The fraction of sp³-hybridized carbons (Fsp3) is 0.250. The molecule has 0 unspecified atom stereocenters. The third-order valence-electron chi connectivity index (χ3n) is 4.40. The lowest BCUT2D eigenvalue weighted by Crippen LogP contribution is -2.20. The Hall–Kier alpha value is -2.98. The largest absolute Gasteiger partial charge is 0.466 e. The molecule has 0 aliphatic rings. The van der Waals surface area contributed by atoms with Gasteiger partial charge in [-0.05, 0) is 57.5 Å². The van der Waals surface area contributed by atoms with Gasteiger partial charge in [0.1, 0.15) is 5.60 Å². The van der Waals surface area contributed by atoms with Crippen LogP contribution in [0.1, 0.15) is 30.7 Å². The number of aromatic amines is 1. The molecule has 1 amide bonds. The van der Waals surface area contributed by atoms with Gasteiger partial charge in [0.05, 0.1) is 16.3 Å². The average Bonchev–Trinajstić information content (AvgIpc) is 3.06. The van der Waals surface area contributed by atoms with Crippen LogP contribution in [0.2, 0.25) is 10.0 Å². The van der Waals surface area contributed by atoms with Crippen LogP contribution in [0.15, 0.2) is 36.4 Å². The number of benzene rings is 2. The van der Waals surface area contributed by atoms with E-state index in [1.165, 1.54) is 0 Å². The Balaban J connectivity index is 1.69. The highest BCUT2D eigenvalue weighted by Gasteiger charge is 2.18. The van der Waals surface area contributed by atoms with Crippen molar-refractivity contribution in [2.75, 3.05) is 11.9 Å². The number of hydrogen-bond donors (Lipinski definition) is 3. The minimum Gasteiger partial charge on any atom is -0.466 e. The lowest BCUT2D eigenvalue weighted by molar-refractivity contribution is -0.118. The second kappa shape index (κ2) is 9.66. The molecule has 6 nitrogen and oxygen atoms in total. The number of ether oxygens (including phenoxy) is 1. The quantitative estimate of drug-likeness (QED) is 0.449. The van der Waals surface area contributed by atoms with Gasteiger partial charge in [-0.15, -0.1) is 5.10 Å². The number of rotatable bonds is 5. The highest BCUT2D eigenvalue weighted by Crippen LogP contribution is 2.36. The summed E-state index contributed by atoms with van der Waals surface area (Å²) in [6.45, 7) is 6.73. The number of halogens is 2. The van der Waals surface area contributed by atoms with Crippen molar-refractivity contribution in [1.82, 2.24) is 10.2 Å². The van der Waals surface area contributed by atoms with E-state index in [2.05, 4.69) is 27.4 Å². The fourth-order valence-corrected chi connectivity index (χ4v) is 3.45. The van der Waals surface area contributed by atoms with Crippen molar-refractivity contribution in [1.29, 1.82) is 0 Å². The molecule has 0 saturated carbocycles. The van der Waals surface area contributed by atoms with Gasteiger partial charge in [-0.25, -0.2) is 0 Å². The van der Waals surface area contributed by atoms with Gasteiger partial charge in [0.2, 0.25) is 5.88 Å². The molecule has 166 valence electrons. The maximum Gasteiger partial charge on any atom is 0.262 e. The number of carbonyl (C=O) groups excluding carboxylic acids is 1. The summed E-state index contributed by atoms with van der Waals surface area (Å²) in [7, 11) is 0. The molecule has 3 rings (SSSR count). The molecule has 0 fully saturated rings. The second-order valence-electron chi connectivity index (χ2n) is 7.85. The Morgan fingerprint density at radius 3 is 2.59 bits per heavy atom. The van der Waals surface area contributed by atoms with Crippen molar-refractivity contribution in [3.8, 4) is 28.8 Å². The van der Waals surface area contributed by atoms with Gasteiger partial charge in [0.25, 0.3) is 5.91 Å².